The van der Waals surface area contributed by atoms with Crippen LogP contribution >= 0.6 is 0 Å². The largest absolute Gasteiger partial charge is 0.492 e. The Morgan fingerprint density at radius 2 is 1.96 bits per heavy atom. The third kappa shape index (κ3) is 3.85. The Kier molecular flexibility index (Phi) is 5.09. The average molecular weight is 340 g/mol. The summed E-state index contributed by atoms with van der Waals surface area (Å²) in [7, 11) is 0. The van der Waals surface area contributed by atoms with Crippen molar-refractivity contribution in [2.24, 2.45) is 0 Å². The summed E-state index contributed by atoms with van der Waals surface area (Å²) in [6, 6.07) is 9.51. The van der Waals surface area contributed by atoms with Gasteiger partial charge >= 0.3 is 0 Å². The van der Waals surface area contributed by atoms with E-state index in [2.05, 4.69) is 28.7 Å². The first-order valence-electron chi connectivity index (χ1n) is 8.57. The van der Waals surface area contributed by atoms with Crippen LogP contribution in [0.3, 0.4) is 0 Å². The van der Waals surface area contributed by atoms with Crippen molar-refractivity contribution >= 4 is 16.6 Å². The second-order valence-electron chi connectivity index (χ2n) is 5.98. The number of nitrogens with zero attached hydrogens (tertiary/aromatic N) is 1. The van der Waals surface area contributed by atoms with Gasteiger partial charge in [-0.1, -0.05) is 13.8 Å². The van der Waals surface area contributed by atoms with Gasteiger partial charge < -0.3 is 25.3 Å². The lowest BCUT2D eigenvalue weighted by Gasteiger charge is -2.17. The Morgan fingerprint density at radius 3 is 2.72 bits per heavy atom. The number of benzene rings is 1. The number of aromatic nitrogens is 2. The summed E-state index contributed by atoms with van der Waals surface area (Å²) in [6.45, 7) is 7.89. The molecule has 2 heterocycles. The number of nitrogen functional groups attached to an aromatic ring is 1. The maximum absolute atomic E-state index is 12.0. The molecule has 0 unspecified atom stereocenters. The van der Waals surface area contributed by atoms with Crippen molar-refractivity contribution in [1.29, 1.82) is 0 Å². The van der Waals surface area contributed by atoms with Crippen LogP contribution in [0.4, 0.5) is 5.69 Å². The first-order chi connectivity index (χ1) is 12.1. The van der Waals surface area contributed by atoms with Crippen molar-refractivity contribution in [2.75, 3.05) is 32.0 Å². The van der Waals surface area contributed by atoms with Crippen LogP contribution < -0.4 is 16.0 Å². The van der Waals surface area contributed by atoms with Crippen molar-refractivity contribution < 1.29 is 4.74 Å². The van der Waals surface area contributed by atoms with Crippen molar-refractivity contribution in [2.45, 2.75) is 13.8 Å². The van der Waals surface area contributed by atoms with E-state index in [1.807, 2.05) is 24.3 Å². The van der Waals surface area contributed by atoms with Crippen LogP contribution in [0.1, 0.15) is 13.8 Å². The summed E-state index contributed by atoms with van der Waals surface area (Å²) in [4.78, 5) is 20.3. The summed E-state index contributed by atoms with van der Waals surface area (Å²) in [5.74, 6) is 0.814. The van der Waals surface area contributed by atoms with Gasteiger partial charge in [0.1, 0.15) is 12.4 Å². The van der Waals surface area contributed by atoms with Gasteiger partial charge in [-0.15, -0.1) is 0 Å². The van der Waals surface area contributed by atoms with Gasteiger partial charge in [-0.3, -0.25) is 4.79 Å². The van der Waals surface area contributed by atoms with Crippen LogP contribution in [0, 0.1) is 0 Å². The van der Waals surface area contributed by atoms with Gasteiger partial charge in [-0.25, -0.2) is 0 Å². The van der Waals surface area contributed by atoms with Crippen LogP contribution in [0.2, 0.25) is 0 Å². The van der Waals surface area contributed by atoms with Gasteiger partial charge in [0, 0.05) is 35.4 Å². The molecule has 0 radical (unpaired) electrons. The van der Waals surface area contributed by atoms with Crippen molar-refractivity contribution in [3.63, 3.8) is 0 Å². The van der Waals surface area contributed by atoms with Crippen LogP contribution in [0.15, 0.2) is 41.3 Å². The first-order valence-corrected chi connectivity index (χ1v) is 8.57. The second kappa shape index (κ2) is 7.44. The zero-order valence-corrected chi connectivity index (χ0v) is 14.6. The Balaban J connectivity index is 1.80. The van der Waals surface area contributed by atoms with Gasteiger partial charge in [-0.05, 0) is 37.4 Å². The standard InChI is InChI=1S/C19H24N4O2/c1-3-23(4-2)7-8-25-15-6-5-13-9-18(22-17(13)11-15)16-10-14(20)12-21-19(16)24/h5-6,9-12,22H,3-4,7-8,20H2,1-2H3,(H,21,24). The lowest BCUT2D eigenvalue weighted by atomic mass is 10.2. The molecule has 0 aliphatic carbocycles. The van der Waals surface area contributed by atoms with E-state index in [0.717, 1.165) is 42.0 Å². The fourth-order valence-electron chi connectivity index (χ4n) is 2.87. The van der Waals surface area contributed by atoms with Gasteiger partial charge in [0.2, 0.25) is 0 Å². The smallest absolute Gasteiger partial charge is 0.257 e. The molecule has 6 heteroatoms. The van der Waals surface area contributed by atoms with Gasteiger partial charge in [0.15, 0.2) is 0 Å². The molecular weight excluding hydrogens is 316 g/mol. The third-order valence-corrected chi connectivity index (χ3v) is 4.38. The third-order valence-electron chi connectivity index (χ3n) is 4.38. The number of rotatable bonds is 7. The highest BCUT2D eigenvalue weighted by Gasteiger charge is 2.09. The van der Waals surface area contributed by atoms with E-state index < -0.39 is 0 Å². The molecule has 0 saturated heterocycles. The molecule has 0 saturated carbocycles. The Labute approximate surface area is 146 Å². The van der Waals surface area contributed by atoms with Crippen molar-refractivity contribution in [3.05, 3.63) is 46.9 Å². The highest BCUT2D eigenvalue weighted by atomic mass is 16.5. The van der Waals surface area contributed by atoms with E-state index in [4.69, 9.17) is 10.5 Å². The molecule has 25 heavy (non-hydrogen) atoms. The predicted octanol–water partition coefficient (Wildman–Crippen LogP) is 2.83. The number of anilines is 1. The van der Waals surface area contributed by atoms with Gasteiger partial charge in [0.25, 0.3) is 5.56 Å². The van der Waals surface area contributed by atoms with Gasteiger partial charge in [-0.2, -0.15) is 0 Å². The monoisotopic (exact) mass is 340 g/mol. The number of fused-ring (bicyclic) bond motifs is 1. The molecule has 0 bridgehead atoms. The fraction of sp³-hybridized carbons (Fsp3) is 0.316. The maximum atomic E-state index is 12.0. The molecule has 132 valence electrons. The number of hydrogen-bond acceptors (Lipinski definition) is 4. The fourth-order valence-corrected chi connectivity index (χ4v) is 2.87. The Morgan fingerprint density at radius 1 is 1.16 bits per heavy atom. The highest BCUT2D eigenvalue weighted by Crippen LogP contribution is 2.26. The molecule has 6 nitrogen and oxygen atoms in total. The number of nitrogens with two attached hydrogens (primary N) is 1. The van der Waals surface area contributed by atoms with E-state index in [9.17, 15) is 4.79 Å². The van der Waals surface area contributed by atoms with E-state index in [0.29, 0.717) is 17.9 Å². The van der Waals surface area contributed by atoms with Crippen LogP contribution in [-0.2, 0) is 0 Å². The van der Waals surface area contributed by atoms with E-state index >= 15 is 0 Å². The Hall–Kier alpha value is -2.73. The molecule has 3 aromatic rings. The SMILES string of the molecule is CCN(CC)CCOc1ccc2cc(-c3cc(N)c[nH]c3=O)[nH]c2c1. The summed E-state index contributed by atoms with van der Waals surface area (Å²) in [5.41, 5.74) is 8.32. The number of nitrogens with one attached hydrogen (secondary N) is 2. The average Bonchev–Trinajstić information content (AvgIpc) is 3.04. The lowest BCUT2D eigenvalue weighted by molar-refractivity contribution is 0.223. The number of aromatic amines is 2. The number of H-pyrrole nitrogens is 2. The summed E-state index contributed by atoms with van der Waals surface area (Å²) in [5, 5.41) is 1.02. The molecule has 0 spiro atoms. The first kappa shape index (κ1) is 17.1. The minimum absolute atomic E-state index is 0.170. The predicted molar refractivity (Wildman–Crippen MR) is 102 cm³/mol. The normalized spacial score (nSPS) is 11.3. The maximum Gasteiger partial charge on any atom is 0.257 e. The van der Waals surface area contributed by atoms with Gasteiger partial charge in [0.05, 0.1) is 11.3 Å². The molecule has 3 rings (SSSR count). The number of likely N-dealkylation sites (N-methyl/N-ethyl adjacent to an activating group) is 1. The van der Waals surface area contributed by atoms with Crippen LogP contribution in [-0.4, -0.2) is 41.1 Å². The lowest BCUT2D eigenvalue weighted by Crippen LogP contribution is -2.27. The molecule has 4 N–H and O–H groups in total. The molecule has 1 aromatic carbocycles. The van der Waals surface area contributed by atoms with Crippen molar-refractivity contribution in [1.82, 2.24) is 14.9 Å². The second-order valence-corrected chi connectivity index (χ2v) is 5.98. The minimum atomic E-state index is -0.170. The topological polar surface area (TPSA) is 87.1 Å². The molecule has 0 amide bonds. The van der Waals surface area contributed by atoms with E-state index in [1.54, 1.807) is 6.07 Å². The summed E-state index contributed by atoms with van der Waals surface area (Å²) >= 11 is 0. The highest BCUT2D eigenvalue weighted by molar-refractivity contribution is 5.87. The number of pyridine rings is 1. The molecule has 0 aliphatic heterocycles. The molecule has 0 aliphatic rings. The quantitative estimate of drug-likeness (QED) is 0.617. The zero-order chi connectivity index (χ0) is 17.8. The summed E-state index contributed by atoms with van der Waals surface area (Å²) in [6.07, 6.45) is 1.50. The van der Waals surface area contributed by atoms with Crippen LogP contribution in [0.25, 0.3) is 22.2 Å². The van der Waals surface area contributed by atoms with E-state index in [1.165, 1.54) is 6.20 Å². The molecule has 0 fully saturated rings. The summed E-state index contributed by atoms with van der Waals surface area (Å²) < 4.78 is 5.86. The molecule has 0 atom stereocenters. The number of ether oxygens (including phenoxy) is 1. The van der Waals surface area contributed by atoms with Crippen molar-refractivity contribution in [3.8, 4) is 17.0 Å². The number of hydrogen-bond donors (Lipinski definition) is 3. The van der Waals surface area contributed by atoms with Crippen LogP contribution in [0.5, 0.6) is 5.75 Å². The zero-order valence-electron chi connectivity index (χ0n) is 14.6. The molecule has 2 aromatic heterocycles. The Bertz CT molecular complexity index is 909. The minimum Gasteiger partial charge on any atom is -0.492 e. The molecular formula is C19H24N4O2. The van der Waals surface area contributed by atoms with E-state index in [-0.39, 0.29) is 5.56 Å².